The summed E-state index contributed by atoms with van der Waals surface area (Å²) in [7, 11) is 0. The van der Waals surface area contributed by atoms with Gasteiger partial charge in [0.2, 0.25) is 16.7 Å². The van der Waals surface area contributed by atoms with Crippen molar-refractivity contribution < 1.29 is 14.8 Å². The molecule has 0 spiro atoms. The molecule has 1 aliphatic heterocycles. The van der Waals surface area contributed by atoms with Crippen molar-refractivity contribution in [1.82, 2.24) is 19.5 Å². The van der Waals surface area contributed by atoms with Gasteiger partial charge in [-0.25, -0.2) is 4.98 Å². The first-order valence-corrected chi connectivity index (χ1v) is 10.5. The maximum Gasteiger partial charge on any atom is 0.235 e. The summed E-state index contributed by atoms with van der Waals surface area (Å²) < 4.78 is 1.56. The van der Waals surface area contributed by atoms with Crippen LogP contribution >= 0.6 is 22.7 Å². The molecule has 1 saturated heterocycles. The van der Waals surface area contributed by atoms with E-state index in [0.717, 1.165) is 48.3 Å². The summed E-state index contributed by atoms with van der Waals surface area (Å²) in [6, 6.07) is 4.20. The fraction of sp³-hybridized carbons (Fsp3) is 0.471. The van der Waals surface area contributed by atoms with Crippen molar-refractivity contribution in [3.8, 4) is 5.88 Å². The Balaban J connectivity index is 1.70. The number of nitrogens with zero attached hydrogens (tertiary/aromatic N) is 4. The number of aryl methyl sites for hydroxylation is 1. The van der Waals surface area contributed by atoms with Crippen LogP contribution in [0.3, 0.4) is 0 Å². The largest absolute Gasteiger partial charge is 0.492 e. The summed E-state index contributed by atoms with van der Waals surface area (Å²) in [5.74, 6) is 1.07. The molecule has 3 aromatic rings. The van der Waals surface area contributed by atoms with E-state index in [4.69, 9.17) is 0 Å². The van der Waals surface area contributed by atoms with Crippen molar-refractivity contribution in [2.45, 2.75) is 26.3 Å². The Kier molecular flexibility index (Phi) is 4.68. The van der Waals surface area contributed by atoms with E-state index >= 15 is 0 Å². The average molecular weight is 393 g/mol. The third kappa shape index (κ3) is 3.00. The van der Waals surface area contributed by atoms with Crippen LogP contribution in [0.15, 0.2) is 17.5 Å². The lowest BCUT2D eigenvalue weighted by molar-refractivity contribution is -0.928. The number of hydrogen-bond donors (Lipinski definition) is 2. The SMILES string of the molecule is CCc1nc2sc([C@H](c3cccs3)[NH+]3CCN(C(C)=O)CC3)c(O)n2n1. The van der Waals surface area contributed by atoms with Gasteiger partial charge in [-0.05, 0) is 11.4 Å². The van der Waals surface area contributed by atoms with Crippen molar-refractivity contribution in [2.75, 3.05) is 26.2 Å². The van der Waals surface area contributed by atoms with Gasteiger partial charge < -0.3 is 14.9 Å². The van der Waals surface area contributed by atoms with Crippen molar-refractivity contribution in [3.05, 3.63) is 33.1 Å². The Bertz CT molecular complexity index is 909. The van der Waals surface area contributed by atoms with Crippen molar-refractivity contribution in [3.63, 3.8) is 0 Å². The van der Waals surface area contributed by atoms with Crippen LogP contribution in [-0.2, 0) is 11.2 Å². The molecule has 4 rings (SSSR count). The highest BCUT2D eigenvalue weighted by Gasteiger charge is 2.35. The molecule has 26 heavy (non-hydrogen) atoms. The summed E-state index contributed by atoms with van der Waals surface area (Å²) in [5, 5.41) is 17.3. The lowest BCUT2D eigenvalue weighted by Crippen LogP contribution is -3.15. The van der Waals surface area contributed by atoms with Crippen LogP contribution in [0.1, 0.15) is 35.5 Å². The summed E-state index contributed by atoms with van der Waals surface area (Å²) >= 11 is 3.21. The first-order valence-electron chi connectivity index (χ1n) is 8.79. The maximum atomic E-state index is 11.6. The molecule has 0 aliphatic carbocycles. The van der Waals surface area contributed by atoms with Crippen LogP contribution in [0.25, 0.3) is 4.96 Å². The van der Waals surface area contributed by atoms with Gasteiger partial charge in [0.1, 0.15) is 4.88 Å². The topological polar surface area (TPSA) is 75.2 Å². The lowest BCUT2D eigenvalue weighted by Gasteiger charge is -2.35. The van der Waals surface area contributed by atoms with Gasteiger partial charge in [-0.2, -0.15) is 4.52 Å². The second kappa shape index (κ2) is 6.98. The normalized spacial score (nSPS) is 17.1. The number of amides is 1. The number of fused-ring (bicyclic) bond motifs is 1. The summed E-state index contributed by atoms with van der Waals surface area (Å²) in [6.07, 6.45) is 0.746. The molecule has 1 amide bonds. The minimum atomic E-state index is 0.0442. The van der Waals surface area contributed by atoms with E-state index in [-0.39, 0.29) is 17.8 Å². The lowest BCUT2D eigenvalue weighted by atomic mass is 10.1. The van der Waals surface area contributed by atoms with Gasteiger partial charge in [-0.15, -0.1) is 16.4 Å². The van der Waals surface area contributed by atoms with Gasteiger partial charge >= 0.3 is 0 Å². The number of thiazole rings is 1. The minimum Gasteiger partial charge on any atom is -0.492 e. The molecule has 7 nitrogen and oxygen atoms in total. The Morgan fingerprint density at radius 1 is 1.42 bits per heavy atom. The first kappa shape index (κ1) is 17.4. The number of hydrogen-bond acceptors (Lipinski definition) is 6. The minimum absolute atomic E-state index is 0.0442. The van der Waals surface area contributed by atoms with Crippen LogP contribution < -0.4 is 4.90 Å². The molecule has 1 fully saturated rings. The number of rotatable bonds is 4. The zero-order chi connectivity index (χ0) is 18.3. The van der Waals surface area contributed by atoms with E-state index in [0.29, 0.717) is 0 Å². The van der Waals surface area contributed by atoms with Gasteiger partial charge in [0.15, 0.2) is 11.9 Å². The van der Waals surface area contributed by atoms with Crippen molar-refractivity contribution >= 4 is 33.5 Å². The molecule has 138 valence electrons. The second-order valence-corrected chi connectivity index (χ2v) is 8.47. The molecule has 0 aromatic carbocycles. The third-order valence-electron chi connectivity index (χ3n) is 4.91. The molecule has 1 aliphatic rings. The van der Waals surface area contributed by atoms with Crippen molar-refractivity contribution in [2.24, 2.45) is 0 Å². The maximum absolute atomic E-state index is 11.6. The summed E-state index contributed by atoms with van der Waals surface area (Å²) in [6.45, 7) is 6.83. The van der Waals surface area contributed by atoms with Crippen LogP contribution in [0.2, 0.25) is 0 Å². The number of carbonyl (C=O) groups excluding carboxylic acids is 1. The highest BCUT2D eigenvalue weighted by Crippen LogP contribution is 2.36. The van der Waals surface area contributed by atoms with Crippen LogP contribution in [0.4, 0.5) is 0 Å². The smallest absolute Gasteiger partial charge is 0.235 e. The Morgan fingerprint density at radius 3 is 2.77 bits per heavy atom. The van der Waals surface area contributed by atoms with Gasteiger partial charge in [0.25, 0.3) is 0 Å². The number of nitrogens with one attached hydrogen (secondary N) is 1. The number of carbonyl (C=O) groups is 1. The quantitative estimate of drug-likeness (QED) is 0.693. The van der Waals surface area contributed by atoms with Crippen molar-refractivity contribution in [1.29, 1.82) is 0 Å². The highest BCUT2D eigenvalue weighted by atomic mass is 32.1. The zero-order valence-corrected chi connectivity index (χ0v) is 16.4. The fourth-order valence-corrected chi connectivity index (χ4v) is 5.61. The molecule has 3 aromatic heterocycles. The Labute approximate surface area is 159 Å². The average Bonchev–Trinajstić information content (AvgIpc) is 3.35. The van der Waals surface area contributed by atoms with E-state index in [1.807, 2.05) is 17.9 Å². The molecule has 2 N–H and O–H groups in total. The van der Waals surface area contributed by atoms with Crippen LogP contribution in [0.5, 0.6) is 5.88 Å². The third-order valence-corrected chi connectivity index (χ3v) is 6.93. The summed E-state index contributed by atoms with van der Waals surface area (Å²) in [5.41, 5.74) is 0. The molecule has 0 saturated carbocycles. The Morgan fingerprint density at radius 2 is 2.19 bits per heavy atom. The van der Waals surface area contributed by atoms with Crippen LogP contribution in [0, 0.1) is 0 Å². The molecular weight excluding hydrogens is 370 g/mol. The predicted molar refractivity (Wildman–Crippen MR) is 101 cm³/mol. The van der Waals surface area contributed by atoms with Gasteiger partial charge in [-0.1, -0.05) is 24.3 Å². The van der Waals surface area contributed by atoms with E-state index in [9.17, 15) is 9.90 Å². The molecule has 0 radical (unpaired) electrons. The number of thiophene rings is 1. The predicted octanol–water partition coefficient (Wildman–Crippen LogP) is 0.957. The fourth-order valence-electron chi connectivity index (χ4n) is 3.50. The number of aromatic nitrogens is 3. The summed E-state index contributed by atoms with van der Waals surface area (Å²) in [4.78, 5) is 22.2. The number of quaternary nitrogens is 1. The van der Waals surface area contributed by atoms with Gasteiger partial charge in [0.05, 0.1) is 31.1 Å². The molecule has 4 heterocycles. The number of aromatic hydroxyl groups is 1. The molecule has 9 heteroatoms. The van der Waals surface area contributed by atoms with E-state index < -0.39 is 0 Å². The van der Waals surface area contributed by atoms with E-state index in [2.05, 4.69) is 21.5 Å². The first-order chi connectivity index (χ1) is 12.6. The van der Waals surface area contributed by atoms with Gasteiger partial charge in [0, 0.05) is 13.3 Å². The van der Waals surface area contributed by atoms with Crippen LogP contribution in [-0.4, -0.2) is 56.7 Å². The van der Waals surface area contributed by atoms with Gasteiger partial charge in [-0.3, -0.25) is 4.79 Å². The molecule has 1 atom stereocenters. The second-order valence-electron chi connectivity index (χ2n) is 6.48. The Hall–Kier alpha value is -1.97. The highest BCUT2D eigenvalue weighted by molar-refractivity contribution is 7.17. The monoisotopic (exact) mass is 392 g/mol. The zero-order valence-electron chi connectivity index (χ0n) is 14.8. The number of piperazine rings is 1. The molecule has 0 bridgehead atoms. The molecule has 0 unspecified atom stereocenters. The van der Waals surface area contributed by atoms with E-state index in [1.165, 1.54) is 21.1 Å². The van der Waals surface area contributed by atoms with E-state index in [1.54, 1.807) is 22.8 Å². The molecular formula is C17H22N5O2S2+. The standard InChI is InChI=1S/C17H21N5O2S2/c1-3-13-18-17-22(19-13)16(24)15(26-17)14(12-5-4-10-25-12)21-8-6-20(7-9-21)11(2)23/h4-5,10,14,24H,3,6-9H2,1-2H3/p+1/t14-/m0/s1.